The van der Waals surface area contributed by atoms with Crippen molar-refractivity contribution in [2.24, 2.45) is 0 Å². The molecule has 0 amide bonds. The van der Waals surface area contributed by atoms with Crippen molar-refractivity contribution in [3.8, 4) is 0 Å². The van der Waals surface area contributed by atoms with Crippen LogP contribution in [0.3, 0.4) is 0 Å². The molecule has 1 aromatic rings. The minimum Gasteiger partial charge on any atom is -0.392 e. The first-order chi connectivity index (χ1) is 4.61. The van der Waals surface area contributed by atoms with E-state index in [0.29, 0.717) is 5.82 Å². The number of nitrogen functional groups attached to an aromatic ring is 1. The summed E-state index contributed by atoms with van der Waals surface area (Å²) in [7, 11) is 0. The first-order valence-corrected chi connectivity index (χ1v) is 3.01. The number of hydrogen-bond acceptors (Lipinski definition) is 3. The molecule has 10 heavy (non-hydrogen) atoms. The van der Waals surface area contributed by atoms with Crippen molar-refractivity contribution < 1.29 is 0 Å². The minimum absolute atomic E-state index is 0.0349. The molecule has 5 heteroatoms. The van der Waals surface area contributed by atoms with Crippen LogP contribution in [-0.2, 0) is 0 Å². The van der Waals surface area contributed by atoms with Crippen LogP contribution in [0.25, 0.3) is 0 Å². The number of aromatic nitrogens is 2. The van der Waals surface area contributed by atoms with Gasteiger partial charge in [-0.1, -0.05) is 11.6 Å². The van der Waals surface area contributed by atoms with E-state index in [4.69, 9.17) is 17.3 Å². The number of nitrogens with one attached hydrogen (secondary N) is 1. The molecule has 0 bridgehead atoms. The zero-order valence-electron chi connectivity index (χ0n) is 5.31. The average Bonchev–Trinajstić information content (AvgIpc) is 1.82. The SMILES string of the molecule is Cc1nc(Cl)c(N)c(=O)[nH]1. The van der Waals surface area contributed by atoms with Crippen LogP contribution < -0.4 is 11.3 Å². The number of H-pyrrole nitrogens is 1. The molecule has 54 valence electrons. The molecule has 0 aromatic carbocycles. The molecule has 0 saturated heterocycles. The first kappa shape index (κ1) is 7.08. The fraction of sp³-hybridized carbons (Fsp3) is 0.200. The van der Waals surface area contributed by atoms with Gasteiger partial charge in [-0.15, -0.1) is 0 Å². The van der Waals surface area contributed by atoms with E-state index in [1.54, 1.807) is 6.92 Å². The lowest BCUT2D eigenvalue weighted by Crippen LogP contribution is -2.14. The molecule has 0 radical (unpaired) electrons. The Hall–Kier alpha value is -1.03. The molecule has 4 nitrogen and oxygen atoms in total. The van der Waals surface area contributed by atoms with E-state index in [2.05, 4.69) is 9.97 Å². The summed E-state index contributed by atoms with van der Waals surface area (Å²) in [4.78, 5) is 16.9. The monoisotopic (exact) mass is 159 g/mol. The summed E-state index contributed by atoms with van der Waals surface area (Å²) in [5.41, 5.74) is 4.79. The Morgan fingerprint density at radius 1 is 1.70 bits per heavy atom. The summed E-state index contributed by atoms with van der Waals surface area (Å²) in [5.74, 6) is 0.462. The lowest BCUT2D eigenvalue weighted by molar-refractivity contribution is 1.02. The van der Waals surface area contributed by atoms with Crippen LogP contribution in [-0.4, -0.2) is 9.97 Å². The van der Waals surface area contributed by atoms with E-state index in [9.17, 15) is 4.79 Å². The van der Waals surface area contributed by atoms with Crippen LogP contribution in [0, 0.1) is 6.92 Å². The molecule has 0 aliphatic rings. The third-order valence-corrected chi connectivity index (χ3v) is 1.32. The summed E-state index contributed by atoms with van der Waals surface area (Å²) < 4.78 is 0. The fourth-order valence-corrected chi connectivity index (χ4v) is 0.773. The quantitative estimate of drug-likeness (QED) is 0.536. The van der Waals surface area contributed by atoms with Crippen molar-refractivity contribution in [1.29, 1.82) is 0 Å². The molecule has 0 unspecified atom stereocenters. The lowest BCUT2D eigenvalue weighted by Gasteiger charge is -1.95. The zero-order chi connectivity index (χ0) is 7.72. The van der Waals surface area contributed by atoms with E-state index >= 15 is 0 Å². The maximum atomic E-state index is 10.8. The number of aromatic amines is 1. The van der Waals surface area contributed by atoms with E-state index in [-0.39, 0.29) is 10.8 Å². The van der Waals surface area contributed by atoms with Crippen molar-refractivity contribution in [2.75, 3.05) is 5.73 Å². The zero-order valence-corrected chi connectivity index (χ0v) is 6.07. The van der Waals surface area contributed by atoms with Gasteiger partial charge in [-0.25, -0.2) is 4.98 Å². The second-order valence-electron chi connectivity index (χ2n) is 1.86. The highest BCUT2D eigenvalue weighted by Gasteiger charge is 2.01. The van der Waals surface area contributed by atoms with Gasteiger partial charge in [0, 0.05) is 0 Å². The van der Waals surface area contributed by atoms with E-state index in [1.807, 2.05) is 0 Å². The van der Waals surface area contributed by atoms with Crippen molar-refractivity contribution in [3.05, 3.63) is 21.3 Å². The molecular formula is C5H6ClN3O. The minimum atomic E-state index is -0.391. The molecule has 0 aliphatic carbocycles. The maximum absolute atomic E-state index is 10.8. The second kappa shape index (κ2) is 2.30. The maximum Gasteiger partial charge on any atom is 0.275 e. The number of nitrogens with zero attached hydrogens (tertiary/aromatic N) is 1. The second-order valence-corrected chi connectivity index (χ2v) is 2.21. The normalized spacial score (nSPS) is 9.80. The van der Waals surface area contributed by atoms with Gasteiger partial charge in [0.2, 0.25) is 0 Å². The molecule has 0 atom stereocenters. The predicted octanol–water partition coefficient (Wildman–Crippen LogP) is 0.314. The Labute approximate surface area is 62.0 Å². The Balaban J connectivity index is 3.46. The van der Waals surface area contributed by atoms with Crippen LogP contribution >= 0.6 is 11.6 Å². The molecular weight excluding hydrogens is 154 g/mol. The van der Waals surface area contributed by atoms with E-state index in [1.165, 1.54) is 0 Å². The van der Waals surface area contributed by atoms with Crippen molar-refractivity contribution in [1.82, 2.24) is 9.97 Å². The van der Waals surface area contributed by atoms with Gasteiger partial charge in [-0.2, -0.15) is 0 Å². The summed E-state index contributed by atoms with van der Waals surface area (Å²) in [6, 6.07) is 0. The number of anilines is 1. The summed E-state index contributed by atoms with van der Waals surface area (Å²) in [5, 5.41) is 0.0567. The molecule has 1 heterocycles. The summed E-state index contributed by atoms with van der Waals surface area (Å²) in [6.45, 7) is 1.63. The number of halogens is 1. The van der Waals surface area contributed by atoms with Gasteiger partial charge in [-0.05, 0) is 6.92 Å². The van der Waals surface area contributed by atoms with Gasteiger partial charge in [0.05, 0.1) is 0 Å². The topological polar surface area (TPSA) is 71.8 Å². The summed E-state index contributed by atoms with van der Waals surface area (Å²) >= 11 is 5.46. The first-order valence-electron chi connectivity index (χ1n) is 2.63. The highest BCUT2D eigenvalue weighted by Crippen LogP contribution is 2.07. The van der Waals surface area contributed by atoms with Crippen LogP contribution in [0.2, 0.25) is 5.15 Å². The largest absolute Gasteiger partial charge is 0.392 e. The molecule has 0 fully saturated rings. The van der Waals surface area contributed by atoms with E-state index < -0.39 is 5.56 Å². The highest BCUT2D eigenvalue weighted by molar-refractivity contribution is 6.31. The standard InChI is InChI=1S/C5H6ClN3O/c1-2-8-4(6)3(7)5(10)9-2/h7H2,1H3,(H,8,9,10). The Bertz CT molecular complexity index is 306. The van der Waals surface area contributed by atoms with Gasteiger partial charge < -0.3 is 10.7 Å². The smallest absolute Gasteiger partial charge is 0.275 e. The van der Waals surface area contributed by atoms with Crippen LogP contribution in [0.15, 0.2) is 4.79 Å². The predicted molar refractivity (Wildman–Crippen MR) is 39.0 cm³/mol. The van der Waals surface area contributed by atoms with E-state index in [0.717, 1.165) is 0 Å². The molecule has 0 aliphatic heterocycles. The number of rotatable bonds is 0. The van der Waals surface area contributed by atoms with Crippen LogP contribution in [0.5, 0.6) is 0 Å². The van der Waals surface area contributed by atoms with Gasteiger partial charge in [0.25, 0.3) is 5.56 Å². The van der Waals surface area contributed by atoms with Gasteiger partial charge in [0.15, 0.2) is 5.15 Å². The van der Waals surface area contributed by atoms with Gasteiger partial charge in [-0.3, -0.25) is 4.79 Å². The lowest BCUT2D eigenvalue weighted by atomic mass is 10.5. The number of nitrogens with two attached hydrogens (primary N) is 1. The third kappa shape index (κ3) is 1.11. The molecule has 0 spiro atoms. The fourth-order valence-electron chi connectivity index (χ4n) is 0.561. The van der Waals surface area contributed by atoms with Crippen molar-refractivity contribution in [2.45, 2.75) is 6.92 Å². The van der Waals surface area contributed by atoms with Gasteiger partial charge >= 0.3 is 0 Å². The number of hydrogen-bond donors (Lipinski definition) is 2. The molecule has 0 saturated carbocycles. The summed E-state index contributed by atoms with van der Waals surface area (Å²) in [6.07, 6.45) is 0. The Kier molecular flexibility index (Phi) is 1.63. The molecule has 3 N–H and O–H groups in total. The van der Waals surface area contributed by atoms with Gasteiger partial charge in [0.1, 0.15) is 11.5 Å². The van der Waals surface area contributed by atoms with Crippen LogP contribution in [0.4, 0.5) is 5.69 Å². The van der Waals surface area contributed by atoms with Crippen molar-refractivity contribution in [3.63, 3.8) is 0 Å². The number of aryl methyl sites for hydroxylation is 1. The molecule has 1 rings (SSSR count). The molecule has 1 aromatic heterocycles. The van der Waals surface area contributed by atoms with Crippen LogP contribution in [0.1, 0.15) is 5.82 Å². The Morgan fingerprint density at radius 2 is 2.30 bits per heavy atom. The highest BCUT2D eigenvalue weighted by atomic mass is 35.5. The average molecular weight is 160 g/mol. The Morgan fingerprint density at radius 3 is 2.80 bits per heavy atom. The van der Waals surface area contributed by atoms with Crippen molar-refractivity contribution >= 4 is 17.3 Å². The third-order valence-electron chi connectivity index (χ3n) is 1.03.